The maximum absolute atomic E-state index is 13.2. The number of aromatic nitrogens is 4. The molecular formula is C34H47N11O7. The summed E-state index contributed by atoms with van der Waals surface area (Å²) < 4.78 is 10.2. The first-order valence-corrected chi connectivity index (χ1v) is 17.8. The fourth-order valence-corrected chi connectivity index (χ4v) is 6.86. The highest BCUT2D eigenvalue weighted by Gasteiger charge is 2.36. The van der Waals surface area contributed by atoms with Crippen LogP contribution >= 0.6 is 0 Å². The fourth-order valence-electron chi connectivity index (χ4n) is 6.86. The third-order valence-electron chi connectivity index (χ3n) is 9.63. The monoisotopic (exact) mass is 721 g/mol. The topological polar surface area (TPSA) is 219 Å². The number of nitrogens with one attached hydrogen (secondary N) is 1. The molecule has 2 N–H and O–H groups in total. The predicted molar refractivity (Wildman–Crippen MR) is 192 cm³/mol. The largest absolute Gasteiger partial charge is 0.406 e. The maximum Gasteiger partial charge on any atom is 0.406 e. The van der Waals surface area contributed by atoms with Gasteiger partial charge in [0, 0.05) is 62.2 Å². The third kappa shape index (κ3) is 8.88. The van der Waals surface area contributed by atoms with E-state index in [9.17, 15) is 29.6 Å². The molecular weight excluding hydrogens is 674 g/mol. The first-order chi connectivity index (χ1) is 25.2. The second-order valence-corrected chi connectivity index (χ2v) is 13.1. The molecule has 1 aromatic carbocycles. The van der Waals surface area contributed by atoms with Crippen LogP contribution in [0.25, 0.3) is 10.4 Å². The summed E-state index contributed by atoms with van der Waals surface area (Å²) in [6.45, 7) is 6.53. The van der Waals surface area contributed by atoms with Crippen LogP contribution < -0.4 is 21.5 Å². The van der Waals surface area contributed by atoms with Gasteiger partial charge in [-0.15, -0.1) is 0 Å². The van der Waals surface area contributed by atoms with E-state index in [0.29, 0.717) is 69.3 Å². The van der Waals surface area contributed by atoms with Crippen molar-refractivity contribution < 1.29 is 19.6 Å². The van der Waals surface area contributed by atoms with Gasteiger partial charge in [-0.3, -0.25) is 23.3 Å². The minimum Gasteiger partial charge on any atom is -0.394 e. The lowest BCUT2D eigenvalue weighted by molar-refractivity contribution is -0.388. The number of anilines is 1. The number of aryl methyl sites for hydroxylation is 2. The van der Waals surface area contributed by atoms with Crippen molar-refractivity contribution in [1.82, 2.24) is 28.9 Å². The number of imidazole rings is 1. The van der Waals surface area contributed by atoms with E-state index in [2.05, 4.69) is 20.3 Å². The molecule has 0 spiro atoms. The van der Waals surface area contributed by atoms with E-state index in [0.717, 1.165) is 24.8 Å². The van der Waals surface area contributed by atoms with Crippen LogP contribution in [0.3, 0.4) is 0 Å². The Morgan fingerprint density at radius 1 is 1.13 bits per heavy atom. The van der Waals surface area contributed by atoms with Gasteiger partial charge < -0.3 is 35.1 Å². The number of nitrogens with zero attached hydrogens (tertiary/aromatic N) is 10. The Hall–Kier alpha value is -5.03. The molecule has 2 aliphatic rings. The van der Waals surface area contributed by atoms with Gasteiger partial charge in [0.1, 0.15) is 6.23 Å². The summed E-state index contributed by atoms with van der Waals surface area (Å²) in [4.78, 5) is 61.5. The molecule has 1 amide bonds. The molecule has 2 aromatic heterocycles. The first-order valence-electron chi connectivity index (χ1n) is 17.8. The molecule has 0 saturated carbocycles. The number of hydrogen-bond donors (Lipinski definition) is 2. The highest BCUT2D eigenvalue weighted by Crippen LogP contribution is 2.32. The average molecular weight is 722 g/mol. The van der Waals surface area contributed by atoms with Crippen molar-refractivity contribution in [1.29, 1.82) is 0 Å². The van der Waals surface area contributed by atoms with Crippen molar-refractivity contribution in [3.63, 3.8) is 0 Å². The van der Waals surface area contributed by atoms with E-state index in [1.807, 2.05) is 46.7 Å². The molecule has 0 aliphatic carbocycles. The zero-order chi connectivity index (χ0) is 37.2. The minimum atomic E-state index is -0.756. The lowest BCUT2D eigenvalue weighted by Crippen LogP contribution is -2.51. The molecule has 18 heteroatoms. The van der Waals surface area contributed by atoms with E-state index in [1.54, 1.807) is 11.8 Å². The van der Waals surface area contributed by atoms with Gasteiger partial charge in [0.25, 0.3) is 5.56 Å². The van der Waals surface area contributed by atoms with Crippen LogP contribution in [-0.4, -0.2) is 97.5 Å². The fraction of sp³-hybridized carbons (Fsp3) is 0.588. The summed E-state index contributed by atoms with van der Waals surface area (Å²) in [5.41, 5.74) is 9.34. The van der Waals surface area contributed by atoms with Crippen molar-refractivity contribution in [3.8, 4) is 0 Å². The Bertz CT molecular complexity index is 1860. The Morgan fingerprint density at radius 2 is 1.87 bits per heavy atom. The molecule has 3 atom stereocenters. The van der Waals surface area contributed by atoms with Crippen LogP contribution in [0.4, 0.5) is 11.6 Å². The van der Waals surface area contributed by atoms with Gasteiger partial charge in [-0.25, -0.2) is 4.79 Å². The number of aliphatic hydroxyl groups is 1. The third-order valence-corrected chi connectivity index (χ3v) is 9.63. The smallest absolute Gasteiger partial charge is 0.394 e. The van der Waals surface area contributed by atoms with E-state index in [1.165, 1.54) is 15.3 Å². The summed E-state index contributed by atoms with van der Waals surface area (Å²) in [5, 5.41) is 28.4. The Morgan fingerprint density at radius 3 is 2.54 bits per heavy atom. The molecule has 0 unspecified atom stereocenters. The molecule has 0 bridgehead atoms. The highest BCUT2D eigenvalue weighted by atomic mass is 16.6. The number of unbranched alkanes of at least 4 members (excludes halogenated alkanes) is 3. The molecule has 2 aliphatic heterocycles. The van der Waals surface area contributed by atoms with Crippen LogP contribution in [0.5, 0.6) is 0 Å². The maximum atomic E-state index is 13.2. The zero-order valence-corrected chi connectivity index (χ0v) is 29.7. The van der Waals surface area contributed by atoms with Crippen molar-refractivity contribution >= 4 is 17.5 Å². The molecule has 2 saturated heterocycles. The van der Waals surface area contributed by atoms with Gasteiger partial charge in [-0.05, 0) is 47.3 Å². The van der Waals surface area contributed by atoms with Crippen molar-refractivity contribution in [2.24, 2.45) is 5.11 Å². The zero-order valence-electron chi connectivity index (χ0n) is 29.7. The summed E-state index contributed by atoms with van der Waals surface area (Å²) >= 11 is 0. The van der Waals surface area contributed by atoms with Crippen LogP contribution in [0.1, 0.15) is 62.2 Å². The van der Waals surface area contributed by atoms with Crippen LogP contribution in [0, 0.1) is 17.0 Å². The summed E-state index contributed by atoms with van der Waals surface area (Å²) in [6, 6.07) is 9.16. The lowest BCUT2D eigenvalue weighted by atomic mass is 10.1. The van der Waals surface area contributed by atoms with Crippen molar-refractivity contribution in [2.45, 2.75) is 83.8 Å². The highest BCUT2D eigenvalue weighted by molar-refractivity contribution is 5.78. The molecule has 0 radical (unpaired) electrons. The Balaban J connectivity index is 1.05. The quantitative estimate of drug-likeness (QED) is 0.0518. The lowest BCUT2D eigenvalue weighted by Gasteiger charge is -2.35. The first kappa shape index (κ1) is 38.2. The van der Waals surface area contributed by atoms with Gasteiger partial charge in [0.05, 0.1) is 31.8 Å². The van der Waals surface area contributed by atoms with E-state index in [4.69, 9.17) is 10.3 Å². The molecule has 3 aromatic rings. The number of nitro groups is 1. The number of carbonyl (C=O) groups is 1. The second-order valence-electron chi connectivity index (χ2n) is 13.1. The minimum absolute atomic E-state index is 0.0291. The number of carbonyl (C=O) groups excluding carboxylic acids is 1. The molecule has 2 fully saturated rings. The molecule has 280 valence electrons. The van der Waals surface area contributed by atoms with Crippen LogP contribution in [0.15, 0.2) is 51.2 Å². The number of benzene rings is 1. The molecule has 18 nitrogen and oxygen atoms in total. The van der Waals surface area contributed by atoms with Crippen molar-refractivity contribution in [2.75, 3.05) is 50.8 Å². The average Bonchev–Trinajstić information content (AvgIpc) is 3.73. The van der Waals surface area contributed by atoms with Gasteiger partial charge in [-0.2, -0.15) is 0 Å². The number of aliphatic hydroxyl groups excluding tert-OH is 1. The normalized spacial score (nSPS) is 18.8. The second kappa shape index (κ2) is 17.9. The summed E-state index contributed by atoms with van der Waals surface area (Å²) in [5.74, 6) is 0.941. The van der Waals surface area contributed by atoms with E-state index < -0.39 is 29.0 Å². The Kier molecular flexibility index (Phi) is 13.2. The van der Waals surface area contributed by atoms with Gasteiger partial charge in [0.2, 0.25) is 17.5 Å². The number of azide groups is 1. The SMILES string of the molecule is CCc1nc([N+](=O)[O-])c(N2CCN(C(=O)CNCCCCCCn3c(=O)c(C)cn([C@H]4C[C@H](N=[N+]=[N-])[C@@H](CO)O4)c3=O)CC2)n1Cc1ccccc1. The summed E-state index contributed by atoms with van der Waals surface area (Å²) in [6.07, 6.45) is 3.75. The van der Waals surface area contributed by atoms with Crippen LogP contribution in [0.2, 0.25) is 0 Å². The van der Waals surface area contributed by atoms with Gasteiger partial charge in [-0.1, -0.05) is 55.2 Å². The number of piperazine rings is 1. The van der Waals surface area contributed by atoms with Crippen molar-refractivity contribution in [3.05, 3.63) is 94.9 Å². The predicted octanol–water partition coefficient (Wildman–Crippen LogP) is 2.49. The molecule has 5 rings (SSSR count). The van der Waals surface area contributed by atoms with E-state index in [-0.39, 0.29) is 43.4 Å². The van der Waals surface area contributed by atoms with Gasteiger partial charge in [0.15, 0.2) is 0 Å². The Labute approximate surface area is 300 Å². The standard InChI is InChI=1S/C34H47N11O7/c1-3-28-37-31(45(50)51)32(43(28)22-25-11-7-6-8-12-25)41-17-15-40(16-18-41)29(47)20-36-13-9-4-5-10-14-42-33(48)24(2)21-44(34(42)49)30-19-26(38-39-35)27(23-46)52-30/h6-8,11-12,21,26-27,30,36,46H,3-5,9-10,13-20,22-23H2,1-2H3/t26-,27+,30+/m0/s1. The molecule has 4 heterocycles. The summed E-state index contributed by atoms with van der Waals surface area (Å²) in [7, 11) is 0. The molecule has 52 heavy (non-hydrogen) atoms. The number of ether oxygens (including phenoxy) is 1. The van der Waals surface area contributed by atoms with E-state index >= 15 is 0 Å². The number of amides is 1. The van der Waals surface area contributed by atoms with Crippen LogP contribution in [-0.2, 0) is 29.0 Å². The number of rotatable bonds is 17. The number of hydrogen-bond acceptors (Lipinski definition) is 11. The van der Waals surface area contributed by atoms with Gasteiger partial charge >= 0.3 is 11.5 Å².